The molecular weight excluding hydrogens is 370 g/mol. The summed E-state index contributed by atoms with van der Waals surface area (Å²) in [5.74, 6) is 1.74. The highest BCUT2D eigenvalue weighted by molar-refractivity contribution is 6.30. The van der Waals surface area contributed by atoms with E-state index in [-0.39, 0.29) is 0 Å². The van der Waals surface area contributed by atoms with E-state index in [0.717, 1.165) is 40.6 Å². The molecule has 0 aliphatic heterocycles. The Morgan fingerprint density at radius 3 is 2.50 bits per heavy atom. The van der Waals surface area contributed by atoms with Gasteiger partial charge in [0.1, 0.15) is 18.1 Å². The molecule has 0 aromatic heterocycles. The summed E-state index contributed by atoms with van der Waals surface area (Å²) in [5.41, 5.74) is 4.73. The highest BCUT2D eigenvalue weighted by Gasteiger charge is 2.06. The molecule has 0 unspecified atom stereocenters. The Morgan fingerprint density at radius 1 is 0.929 bits per heavy atom. The van der Waals surface area contributed by atoms with E-state index in [1.54, 1.807) is 7.11 Å². The van der Waals surface area contributed by atoms with Crippen LogP contribution in [-0.4, -0.2) is 13.7 Å². The first-order valence-corrected chi connectivity index (χ1v) is 9.82. The van der Waals surface area contributed by atoms with E-state index < -0.39 is 0 Å². The van der Waals surface area contributed by atoms with Gasteiger partial charge in [-0.1, -0.05) is 53.6 Å². The first-order valence-electron chi connectivity index (χ1n) is 9.44. The van der Waals surface area contributed by atoms with Crippen LogP contribution in [0.2, 0.25) is 5.02 Å². The van der Waals surface area contributed by atoms with Crippen molar-refractivity contribution in [1.82, 2.24) is 5.32 Å². The Hall–Kier alpha value is -2.49. The summed E-state index contributed by atoms with van der Waals surface area (Å²) < 4.78 is 11.3. The average molecular weight is 396 g/mol. The Kier molecular flexibility index (Phi) is 7.35. The molecule has 3 nitrogen and oxygen atoms in total. The molecule has 0 atom stereocenters. The van der Waals surface area contributed by atoms with E-state index in [9.17, 15) is 0 Å². The standard InChI is InChI=1S/C24H26ClNO2/c1-18-4-3-5-20(14-18)17-28-24-11-8-22(25)15-21(24)16-26-13-12-19-6-9-23(27-2)10-7-19/h3-11,14-15,26H,12-13,16-17H2,1-2H3. The van der Waals surface area contributed by atoms with E-state index in [1.165, 1.54) is 11.1 Å². The summed E-state index contributed by atoms with van der Waals surface area (Å²) in [6.07, 6.45) is 0.948. The maximum Gasteiger partial charge on any atom is 0.124 e. The van der Waals surface area contributed by atoms with E-state index in [0.29, 0.717) is 13.2 Å². The summed E-state index contributed by atoms with van der Waals surface area (Å²) in [4.78, 5) is 0. The van der Waals surface area contributed by atoms with Crippen molar-refractivity contribution >= 4 is 11.6 Å². The Morgan fingerprint density at radius 2 is 1.75 bits per heavy atom. The lowest BCUT2D eigenvalue weighted by molar-refractivity contribution is 0.302. The first kappa shape index (κ1) is 20.2. The Balaban J connectivity index is 1.54. The van der Waals surface area contributed by atoms with Crippen LogP contribution in [-0.2, 0) is 19.6 Å². The van der Waals surface area contributed by atoms with Crippen LogP contribution in [0.3, 0.4) is 0 Å². The quantitative estimate of drug-likeness (QED) is 0.480. The normalized spacial score (nSPS) is 10.7. The van der Waals surface area contributed by atoms with Gasteiger partial charge < -0.3 is 14.8 Å². The van der Waals surface area contributed by atoms with E-state index >= 15 is 0 Å². The van der Waals surface area contributed by atoms with Gasteiger partial charge in [-0.3, -0.25) is 0 Å². The van der Waals surface area contributed by atoms with Crippen LogP contribution in [0.15, 0.2) is 66.7 Å². The Labute approximate surface area is 172 Å². The molecule has 0 aliphatic carbocycles. The van der Waals surface area contributed by atoms with Crippen LogP contribution in [0.5, 0.6) is 11.5 Å². The van der Waals surface area contributed by atoms with Crippen molar-refractivity contribution in [2.75, 3.05) is 13.7 Å². The number of halogens is 1. The van der Waals surface area contributed by atoms with E-state index in [4.69, 9.17) is 21.1 Å². The number of aryl methyl sites for hydroxylation is 1. The molecule has 28 heavy (non-hydrogen) atoms. The fraction of sp³-hybridized carbons (Fsp3) is 0.250. The van der Waals surface area contributed by atoms with Crippen molar-refractivity contribution in [3.8, 4) is 11.5 Å². The first-order chi connectivity index (χ1) is 13.6. The van der Waals surface area contributed by atoms with Gasteiger partial charge in [-0.05, 0) is 61.3 Å². The van der Waals surface area contributed by atoms with Crippen LogP contribution >= 0.6 is 11.6 Å². The zero-order chi connectivity index (χ0) is 19.8. The second kappa shape index (κ2) is 10.2. The van der Waals surface area contributed by atoms with E-state index in [2.05, 4.69) is 48.6 Å². The second-order valence-electron chi connectivity index (χ2n) is 6.80. The maximum atomic E-state index is 6.20. The molecule has 0 bridgehead atoms. The molecule has 0 aliphatic rings. The number of benzene rings is 3. The number of methoxy groups -OCH3 is 1. The molecule has 146 valence electrons. The van der Waals surface area contributed by atoms with Gasteiger partial charge in [0, 0.05) is 17.1 Å². The zero-order valence-corrected chi connectivity index (χ0v) is 17.1. The van der Waals surface area contributed by atoms with Crippen molar-refractivity contribution in [3.05, 3.63) is 94.0 Å². The molecule has 0 saturated heterocycles. The van der Waals surface area contributed by atoms with Crippen LogP contribution in [0.4, 0.5) is 0 Å². The minimum atomic E-state index is 0.544. The van der Waals surface area contributed by atoms with Crippen LogP contribution in [0.25, 0.3) is 0 Å². The molecule has 3 aromatic rings. The monoisotopic (exact) mass is 395 g/mol. The SMILES string of the molecule is COc1ccc(CCNCc2cc(Cl)ccc2OCc2cccc(C)c2)cc1. The van der Waals surface area contributed by atoms with Gasteiger partial charge in [0.05, 0.1) is 7.11 Å². The number of rotatable bonds is 9. The molecule has 0 spiro atoms. The van der Waals surface area contributed by atoms with Gasteiger partial charge in [-0.2, -0.15) is 0 Å². The number of ether oxygens (including phenoxy) is 2. The van der Waals surface area contributed by atoms with Crippen molar-refractivity contribution in [2.24, 2.45) is 0 Å². The summed E-state index contributed by atoms with van der Waals surface area (Å²) in [5, 5.41) is 4.20. The maximum absolute atomic E-state index is 6.20. The summed E-state index contributed by atoms with van der Waals surface area (Å²) in [7, 11) is 1.68. The zero-order valence-electron chi connectivity index (χ0n) is 16.4. The molecule has 0 saturated carbocycles. The predicted molar refractivity (Wildman–Crippen MR) is 115 cm³/mol. The van der Waals surface area contributed by atoms with Gasteiger partial charge in [0.15, 0.2) is 0 Å². The average Bonchev–Trinajstić information content (AvgIpc) is 2.71. The van der Waals surface area contributed by atoms with Gasteiger partial charge in [-0.25, -0.2) is 0 Å². The molecule has 4 heteroatoms. The lowest BCUT2D eigenvalue weighted by Crippen LogP contribution is -2.17. The fourth-order valence-electron chi connectivity index (χ4n) is 3.04. The van der Waals surface area contributed by atoms with Crippen LogP contribution in [0, 0.1) is 6.92 Å². The summed E-state index contributed by atoms with van der Waals surface area (Å²) in [6, 6.07) is 22.3. The lowest BCUT2D eigenvalue weighted by Gasteiger charge is -2.13. The highest BCUT2D eigenvalue weighted by atomic mass is 35.5. The third-order valence-corrected chi connectivity index (χ3v) is 4.80. The molecular formula is C24H26ClNO2. The molecule has 0 fully saturated rings. The minimum Gasteiger partial charge on any atom is -0.497 e. The third-order valence-electron chi connectivity index (χ3n) is 4.56. The second-order valence-corrected chi connectivity index (χ2v) is 7.24. The van der Waals surface area contributed by atoms with E-state index in [1.807, 2.05) is 30.3 Å². The number of hydrogen-bond acceptors (Lipinski definition) is 3. The van der Waals surface area contributed by atoms with Crippen molar-refractivity contribution in [3.63, 3.8) is 0 Å². The van der Waals surface area contributed by atoms with Gasteiger partial charge in [-0.15, -0.1) is 0 Å². The Bertz CT molecular complexity index is 893. The highest BCUT2D eigenvalue weighted by Crippen LogP contribution is 2.24. The number of hydrogen-bond donors (Lipinski definition) is 1. The molecule has 0 amide bonds. The molecule has 1 N–H and O–H groups in total. The summed E-state index contributed by atoms with van der Waals surface area (Å²) in [6.45, 7) is 4.21. The summed E-state index contributed by atoms with van der Waals surface area (Å²) >= 11 is 6.20. The van der Waals surface area contributed by atoms with Crippen molar-refractivity contribution < 1.29 is 9.47 Å². The minimum absolute atomic E-state index is 0.544. The van der Waals surface area contributed by atoms with Gasteiger partial charge in [0.25, 0.3) is 0 Å². The van der Waals surface area contributed by atoms with Crippen LogP contribution in [0.1, 0.15) is 22.3 Å². The predicted octanol–water partition coefficient (Wildman–Crippen LogP) is 5.57. The smallest absolute Gasteiger partial charge is 0.124 e. The number of nitrogens with one attached hydrogen (secondary N) is 1. The largest absolute Gasteiger partial charge is 0.497 e. The molecule has 3 rings (SSSR count). The molecule has 3 aromatic carbocycles. The van der Waals surface area contributed by atoms with Gasteiger partial charge >= 0.3 is 0 Å². The molecule has 0 heterocycles. The van der Waals surface area contributed by atoms with Crippen molar-refractivity contribution in [2.45, 2.75) is 26.5 Å². The third kappa shape index (κ3) is 6.01. The van der Waals surface area contributed by atoms with Crippen LogP contribution < -0.4 is 14.8 Å². The topological polar surface area (TPSA) is 30.5 Å². The van der Waals surface area contributed by atoms with Crippen molar-refractivity contribution in [1.29, 1.82) is 0 Å². The van der Waals surface area contributed by atoms with Gasteiger partial charge in [0.2, 0.25) is 0 Å². The lowest BCUT2D eigenvalue weighted by atomic mass is 10.1. The fourth-order valence-corrected chi connectivity index (χ4v) is 3.23. The molecule has 0 radical (unpaired) electrons.